The predicted octanol–water partition coefficient (Wildman–Crippen LogP) is 1.88. The third kappa shape index (κ3) is 3.82. The summed E-state index contributed by atoms with van der Waals surface area (Å²) in [5.74, 6) is -0.0630. The van der Waals surface area contributed by atoms with Gasteiger partial charge in [-0.25, -0.2) is 4.98 Å². The van der Waals surface area contributed by atoms with Gasteiger partial charge < -0.3 is 11.1 Å². The number of aromatic amines is 1. The van der Waals surface area contributed by atoms with Gasteiger partial charge in [0, 0.05) is 10.6 Å². The monoisotopic (exact) mass is 291 g/mol. The summed E-state index contributed by atoms with van der Waals surface area (Å²) in [6.07, 6.45) is 1.46. The molecule has 0 saturated heterocycles. The molecular formula is C13H17N5OS. The number of amides is 1. The van der Waals surface area contributed by atoms with E-state index in [4.69, 9.17) is 5.73 Å². The van der Waals surface area contributed by atoms with Crippen molar-refractivity contribution in [1.29, 1.82) is 0 Å². The van der Waals surface area contributed by atoms with Crippen LogP contribution in [0.1, 0.15) is 13.8 Å². The smallest absolute Gasteiger partial charge is 0.241 e. The summed E-state index contributed by atoms with van der Waals surface area (Å²) < 4.78 is 0. The normalized spacial score (nSPS) is 12.4. The maximum Gasteiger partial charge on any atom is 0.241 e. The van der Waals surface area contributed by atoms with Crippen LogP contribution in [0.25, 0.3) is 0 Å². The van der Waals surface area contributed by atoms with E-state index in [0.29, 0.717) is 0 Å². The Morgan fingerprint density at radius 1 is 1.35 bits per heavy atom. The van der Waals surface area contributed by atoms with E-state index in [2.05, 4.69) is 20.5 Å². The van der Waals surface area contributed by atoms with Crippen molar-refractivity contribution in [3.63, 3.8) is 0 Å². The second-order valence-corrected chi connectivity index (χ2v) is 5.74. The maximum absolute atomic E-state index is 11.8. The number of aromatic nitrogens is 3. The first-order chi connectivity index (χ1) is 9.56. The molecule has 0 aliphatic carbocycles. The molecule has 1 atom stereocenters. The Morgan fingerprint density at radius 3 is 2.60 bits per heavy atom. The molecule has 1 aromatic heterocycles. The highest BCUT2D eigenvalue weighted by Gasteiger charge is 2.16. The molecule has 6 nitrogen and oxygen atoms in total. The van der Waals surface area contributed by atoms with Crippen molar-refractivity contribution in [1.82, 2.24) is 15.2 Å². The molecule has 0 unspecified atom stereocenters. The molecule has 0 aliphatic heterocycles. The zero-order chi connectivity index (χ0) is 14.5. The highest BCUT2D eigenvalue weighted by Crippen LogP contribution is 2.25. The van der Waals surface area contributed by atoms with Gasteiger partial charge in [-0.05, 0) is 30.2 Å². The van der Waals surface area contributed by atoms with Crippen LogP contribution in [0.2, 0.25) is 0 Å². The largest absolute Gasteiger partial charge is 0.325 e. The first kappa shape index (κ1) is 14.5. The Bertz CT molecular complexity index is 553. The first-order valence-electron chi connectivity index (χ1n) is 6.26. The molecule has 20 heavy (non-hydrogen) atoms. The number of carbonyl (C=O) groups is 1. The Morgan fingerprint density at radius 2 is 2.05 bits per heavy atom. The molecule has 2 aromatic rings. The SMILES string of the molecule is CC(C)[C@H](N)C(=O)Nc1ccc(Sc2ncn[nH]2)cc1. The molecule has 0 radical (unpaired) electrons. The number of anilines is 1. The summed E-state index contributed by atoms with van der Waals surface area (Å²) in [7, 11) is 0. The van der Waals surface area contributed by atoms with Crippen molar-refractivity contribution >= 4 is 23.4 Å². The van der Waals surface area contributed by atoms with Gasteiger partial charge in [-0.1, -0.05) is 25.6 Å². The third-order valence-electron chi connectivity index (χ3n) is 2.75. The fourth-order valence-electron chi connectivity index (χ4n) is 1.49. The molecule has 0 bridgehead atoms. The minimum atomic E-state index is -0.502. The van der Waals surface area contributed by atoms with Gasteiger partial charge in [-0.2, -0.15) is 5.10 Å². The van der Waals surface area contributed by atoms with Gasteiger partial charge in [-0.3, -0.25) is 9.89 Å². The molecule has 7 heteroatoms. The van der Waals surface area contributed by atoms with Crippen LogP contribution in [0.15, 0.2) is 40.6 Å². The van der Waals surface area contributed by atoms with Crippen molar-refractivity contribution in [2.75, 3.05) is 5.32 Å². The summed E-state index contributed by atoms with van der Waals surface area (Å²) in [6, 6.07) is 6.99. The van der Waals surface area contributed by atoms with Crippen LogP contribution in [0.5, 0.6) is 0 Å². The molecule has 4 N–H and O–H groups in total. The minimum absolute atomic E-state index is 0.108. The Hall–Kier alpha value is -1.86. The van der Waals surface area contributed by atoms with Crippen molar-refractivity contribution in [3.05, 3.63) is 30.6 Å². The van der Waals surface area contributed by atoms with Gasteiger partial charge in [0.2, 0.25) is 5.91 Å². The molecule has 2 rings (SSSR count). The zero-order valence-corrected chi connectivity index (χ0v) is 12.1. The molecule has 0 fully saturated rings. The van der Waals surface area contributed by atoms with E-state index in [1.165, 1.54) is 18.1 Å². The van der Waals surface area contributed by atoms with E-state index in [1.54, 1.807) is 0 Å². The van der Waals surface area contributed by atoms with Gasteiger partial charge in [0.25, 0.3) is 0 Å². The van der Waals surface area contributed by atoms with Gasteiger partial charge in [0.15, 0.2) is 5.16 Å². The highest BCUT2D eigenvalue weighted by molar-refractivity contribution is 7.99. The predicted molar refractivity (Wildman–Crippen MR) is 78.4 cm³/mol. The third-order valence-corrected chi connectivity index (χ3v) is 3.65. The van der Waals surface area contributed by atoms with E-state index < -0.39 is 6.04 Å². The number of benzene rings is 1. The number of nitrogens with zero attached hydrogens (tertiary/aromatic N) is 2. The van der Waals surface area contributed by atoms with Gasteiger partial charge in [0.1, 0.15) is 6.33 Å². The standard InChI is InChI=1S/C13H17N5OS/c1-8(2)11(14)12(19)17-9-3-5-10(6-4-9)20-13-15-7-16-18-13/h3-8,11H,14H2,1-2H3,(H,17,19)(H,15,16,18)/t11-/m0/s1. The van der Waals surface area contributed by atoms with Gasteiger partial charge >= 0.3 is 0 Å². The number of nitrogens with two attached hydrogens (primary N) is 1. The molecule has 1 amide bonds. The summed E-state index contributed by atoms with van der Waals surface area (Å²) in [4.78, 5) is 16.9. The van der Waals surface area contributed by atoms with Crippen LogP contribution < -0.4 is 11.1 Å². The van der Waals surface area contributed by atoms with E-state index >= 15 is 0 Å². The number of hydrogen-bond acceptors (Lipinski definition) is 5. The van der Waals surface area contributed by atoms with Gasteiger partial charge in [0.05, 0.1) is 6.04 Å². The number of carbonyl (C=O) groups excluding carboxylic acids is 1. The fraction of sp³-hybridized carbons (Fsp3) is 0.308. The van der Waals surface area contributed by atoms with Crippen LogP contribution in [-0.2, 0) is 4.79 Å². The molecule has 0 aliphatic rings. The molecule has 0 spiro atoms. The molecule has 106 valence electrons. The summed E-state index contributed by atoms with van der Waals surface area (Å²) >= 11 is 1.47. The van der Waals surface area contributed by atoms with Crippen molar-refractivity contribution < 1.29 is 4.79 Å². The van der Waals surface area contributed by atoms with Crippen LogP contribution >= 0.6 is 11.8 Å². The van der Waals surface area contributed by atoms with Crippen molar-refractivity contribution in [3.8, 4) is 0 Å². The van der Waals surface area contributed by atoms with E-state index in [0.717, 1.165) is 15.7 Å². The summed E-state index contributed by atoms with van der Waals surface area (Å²) in [6.45, 7) is 3.84. The maximum atomic E-state index is 11.8. The zero-order valence-electron chi connectivity index (χ0n) is 11.3. The average molecular weight is 291 g/mol. The number of nitrogens with one attached hydrogen (secondary N) is 2. The molecule has 1 aromatic carbocycles. The first-order valence-corrected chi connectivity index (χ1v) is 7.07. The second-order valence-electron chi connectivity index (χ2n) is 4.68. The Kier molecular flexibility index (Phi) is 4.75. The van der Waals surface area contributed by atoms with Crippen LogP contribution in [0.3, 0.4) is 0 Å². The number of hydrogen-bond donors (Lipinski definition) is 3. The molecular weight excluding hydrogens is 274 g/mol. The van der Waals surface area contributed by atoms with E-state index in [-0.39, 0.29) is 11.8 Å². The lowest BCUT2D eigenvalue weighted by molar-refractivity contribution is -0.118. The lowest BCUT2D eigenvalue weighted by Crippen LogP contribution is -2.39. The topological polar surface area (TPSA) is 96.7 Å². The summed E-state index contributed by atoms with van der Waals surface area (Å²) in [5.41, 5.74) is 6.52. The lowest BCUT2D eigenvalue weighted by Gasteiger charge is -2.15. The number of H-pyrrole nitrogens is 1. The highest BCUT2D eigenvalue weighted by atomic mass is 32.2. The lowest BCUT2D eigenvalue weighted by atomic mass is 10.1. The number of rotatable bonds is 5. The van der Waals surface area contributed by atoms with Gasteiger partial charge in [-0.15, -0.1) is 0 Å². The van der Waals surface area contributed by atoms with Crippen LogP contribution in [0.4, 0.5) is 5.69 Å². The Balaban J connectivity index is 1.96. The quantitative estimate of drug-likeness (QED) is 0.781. The van der Waals surface area contributed by atoms with E-state index in [9.17, 15) is 4.79 Å². The van der Waals surface area contributed by atoms with Crippen molar-refractivity contribution in [2.45, 2.75) is 29.9 Å². The average Bonchev–Trinajstić information content (AvgIpc) is 2.92. The van der Waals surface area contributed by atoms with Crippen LogP contribution in [-0.4, -0.2) is 27.1 Å². The fourth-order valence-corrected chi connectivity index (χ4v) is 2.18. The minimum Gasteiger partial charge on any atom is -0.325 e. The van der Waals surface area contributed by atoms with Crippen molar-refractivity contribution in [2.24, 2.45) is 11.7 Å². The van der Waals surface area contributed by atoms with E-state index in [1.807, 2.05) is 38.1 Å². The molecule has 0 saturated carbocycles. The second kappa shape index (κ2) is 6.53. The Labute approximate surface area is 121 Å². The van der Waals surface area contributed by atoms with Crippen LogP contribution in [0, 0.1) is 5.92 Å². The summed E-state index contributed by atoms with van der Waals surface area (Å²) in [5, 5.41) is 10.1. The molecule has 1 heterocycles.